The van der Waals surface area contributed by atoms with Crippen LogP contribution in [0, 0.1) is 5.41 Å². The van der Waals surface area contributed by atoms with Gasteiger partial charge < -0.3 is 20.1 Å². The molecule has 3 aromatic carbocycles. The molecule has 0 aromatic heterocycles. The minimum absolute atomic E-state index is 0.0310. The molecule has 1 atom stereocenters. The van der Waals surface area contributed by atoms with Crippen LogP contribution < -0.4 is 20.1 Å². The Bertz CT molecular complexity index is 1190. The largest absolute Gasteiger partial charge is 0.495 e. The Morgan fingerprint density at radius 3 is 2.14 bits per heavy atom. The number of thioether (sulfide) groups is 1. The molecule has 0 aliphatic carbocycles. The summed E-state index contributed by atoms with van der Waals surface area (Å²) in [4.78, 5) is 26.6. The zero-order chi connectivity index (χ0) is 26.3. The Hall–Kier alpha value is -3.16. The fourth-order valence-corrected chi connectivity index (χ4v) is 4.76. The molecule has 2 N–H and O–H groups in total. The fraction of sp³-hybridized carbons (Fsp3) is 0.286. The van der Waals surface area contributed by atoms with Crippen LogP contribution in [-0.2, 0) is 9.59 Å². The number of hydrogen-bond donors (Lipinski definition) is 2. The lowest BCUT2D eigenvalue weighted by Gasteiger charge is -2.19. The SMILES string of the molecule is COc1cc(OC)c(NC(=O)C(Sc2ccc(NC(=O)CC(C)(C)C)cc2)c2ccccc2)cc1Cl. The van der Waals surface area contributed by atoms with Gasteiger partial charge >= 0.3 is 0 Å². The third kappa shape index (κ3) is 7.67. The topological polar surface area (TPSA) is 76.7 Å². The van der Waals surface area contributed by atoms with Gasteiger partial charge in [0.15, 0.2) is 0 Å². The highest BCUT2D eigenvalue weighted by Crippen LogP contribution is 2.40. The van der Waals surface area contributed by atoms with E-state index >= 15 is 0 Å². The Balaban J connectivity index is 1.80. The monoisotopic (exact) mass is 526 g/mol. The van der Waals surface area contributed by atoms with E-state index in [4.69, 9.17) is 21.1 Å². The van der Waals surface area contributed by atoms with Crippen molar-refractivity contribution in [1.82, 2.24) is 0 Å². The van der Waals surface area contributed by atoms with Gasteiger partial charge in [-0.25, -0.2) is 0 Å². The molecule has 0 saturated carbocycles. The van der Waals surface area contributed by atoms with Crippen LogP contribution in [0.3, 0.4) is 0 Å². The highest BCUT2D eigenvalue weighted by atomic mass is 35.5. The third-order valence-electron chi connectivity index (χ3n) is 5.16. The summed E-state index contributed by atoms with van der Waals surface area (Å²) in [5.41, 5.74) is 1.92. The maximum Gasteiger partial charge on any atom is 0.242 e. The highest BCUT2D eigenvalue weighted by molar-refractivity contribution is 8.00. The Kier molecular flexibility index (Phi) is 9.29. The predicted octanol–water partition coefficient (Wildman–Crippen LogP) is 7.20. The van der Waals surface area contributed by atoms with Crippen LogP contribution in [0.2, 0.25) is 5.02 Å². The summed E-state index contributed by atoms with van der Waals surface area (Å²) >= 11 is 7.70. The number of benzene rings is 3. The van der Waals surface area contributed by atoms with Crippen molar-refractivity contribution >= 4 is 46.6 Å². The van der Waals surface area contributed by atoms with Crippen LogP contribution in [0.5, 0.6) is 11.5 Å². The smallest absolute Gasteiger partial charge is 0.242 e. The molecule has 0 aliphatic heterocycles. The molecule has 0 spiro atoms. The first-order chi connectivity index (χ1) is 17.1. The van der Waals surface area contributed by atoms with Gasteiger partial charge in [-0.05, 0) is 41.3 Å². The third-order valence-corrected chi connectivity index (χ3v) is 6.72. The Morgan fingerprint density at radius 1 is 0.917 bits per heavy atom. The number of rotatable bonds is 9. The lowest BCUT2D eigenvalue weighted by atomic mass is 9.92. The number of halogens is 1. The second-order valence-electron chi connectivity index (χ2n) is 9.39. The number of amides is 2. The first kappa shape index (κ1) is 27.4. The number of methoxy groups -OCH3 is 2. The summed E-state index contributed by atoms with van der Waals surface area (Å²) < 4.78 is 10.7. The van der Waals surface area contributed by atoms with E-state index in [1.54, 1.807) is 12.1 Å². The molecular weight excluding hydrogens is 496 g/mol. The molecule has 6 nitrogen and oxygen atoms in total. The van der Waals surface area contributed by atoms with E-state index < -0.39 is 5.25 Å². The van der Waals surface area contributed by atoms with E-state index in [0.29, 0.717) is 34.3 Å². The van der Waals surface area contributed by atoms with Crippen molar-refractivity contribution in [3.8, 4) is 11.5 Å². The van der Waals surface area contributed by atoms with Crippen LogP contribution in [-0.4, -0.2) is 26.0 Å². The van der Waals surface area contributed by atoms with Gasteiger partial charge in [0.1, 0.15) is 16.7 Å². The zero-order valence-corrected chi connectivity index (χ0v) is 22.6. The molecule has 0 aliphatic rings. The summed E-state index contributed by atoms with van der Waals surface area (Å²) in [5, 5.41) is 5.70. The van der Waals surface area contributed by atoms with Gasteiger partial charge in [0.25, 0.3) is 0 Å². The number of anilines is 2. The average molecular weight is 527 g/mol. The summed E-state index contributed by atoms with van der Waals surface area (Å²) in [6.45, 7) is 6.07. The number of nitrogens with one attached hydrogen (secondary N) is 2. The zero-order valence-electron chi connectivity index (χ0n) is 21.1. The number of hydrogen-bond acceptors (Lipinski definition) is 5. The van der Waals surface area contributed by atoms with Crippen molar-refractivity contribution in [2.45, 2.75) is 37.3 Å². The van der Waals surface area contributed by atoms with Gasteiger partial charge in [0.05, 0.1) is 24.9 Å². The van der Waals surface area contributed by atoms with Gasteiger partial charge in [0.2, 0.25) is 11.8 Å². The number of carbonyl (C=O) groups is 2. The second kappa shape index (κ2) is 12.2. The molecule has 0 radical (unpaired) electrons. The molecule has 0 fully saturated rings. The molecule has 3 aromatic rings. The summed E-state index contributed by atoms with van der Waals surface area (Å²) in [6.07, 6.45) is 0.429. The summed E-state index contributed by atoms with van der Waals surface area (Å²) in [6, 6.07) is 20.2. The van der Waals surface area contributed by atoms with E-state index in [2.05, 4.69) is 10.6 Å². The fourth-order valence-electron chi connectivity index (χ4n) is 3.50. The van der Waals surface area contributed by atoms with Crippen molar-refractivity contribution in [3.63, 3.8) is 0 Å². The lowest BCUT2D eigenvalue weighted by Crippen LogP contribution is -2.20. The standard InChI is InChI=1S/C28H31ClN2O4S/c1-28(2,3)17-25(32)30-19-11-13-20(14-12-19)36-26(18-9-7-6-8-10-18)27(33)31-22-15-21(29)23(34-4)16-24(22)35-5/h6-16,26H,17H2,1-5H3,(H,30,32)(H,31,33). The second-order valence-corrected chi connectivity index (χ2v) is 11.0. The minimum atomic E-state index is -0.543. The van der Waals surface area contributed by atoms with Crippen molar-refractivity contribution in [2.24, 2.45) is 5.41 Å². The van der Waals surface area contributed by atoms with Crippen molar-refractivity contribution in [3.05, 3.63) is 77.3 Å². The molecule has 0 heterocycles. The minimum Gasteiger partial charge on any atom is -0.495 e. The van der Waals surface area contributed by atoms with Crippen LogP contribution in [0.4, 0.5) is 11.4 Å². The molecule has 0 saturated heterocycles. The van der Waals surface area contributed by atoms with E-state index in [1.165, 1.54) is 26.0 Å². The normalized spacial score (nSPS) is 11.9. The number of ether oxygens (including phenoxy) is 2. The van der Waals surface area contributed by atoms with Gasteiger partial charge in [-0.3, -0.25) is 9.59 Å². The first-order valence-corrected chi connectivity index (χ1v) is 12.7. The van der Waals surface area contributed by atoms with Gasteiger partial charge in [-0.1, -0.05) is 62.7 Å². The van der Waals surface area contributed by atoms with Crippen LogP contribution in [0.1, 0.15) is 38.0 Å². The van der Waals surface area contributed by atoms with Gasteiger partial charge in [0, 0.05) is 23.1 Å². The van der Waals surface area contributed by atoms with Crippen molar-refractivity contribution in [1.29, 1.82) is 0 Å². The maximum atomic E-state index is 13.5. The lowest BCUT2D eigenvalue weighted by molar-refractivity contribution is -0.118. The number of carbonyl (C=O) groups excluding carboxylic acids is 2. The van der Waals surface area contributed by atoms with Gasteiger partial charge in [-0.2, -0.15) is 0 Å². The molecule has 36 heavy (non-hydrogen) atoms. The van der Waals surface area contributed by atoms with Crippen LogP contribution in [0.25, 0.3) is 0 Å². The summed E-state index contributed by atoms with van der Waals surface area (Å²) in [5.74, 6) is 0.636. The molecule has 190 valence electrons. The molecule has 3 rings (SSSR count). The molecule has 2 amide bonds. The van der Waals surface area contributed by atoms with Crippen molar-refractivity contribution < 1.29 is 19.1 Å². The Labute approximate surface area is 221 Å². The molecular formula is C28H31ClN2O4S. The first-order valence-electron chi connectivity index (χ1n) is 11.4. The van der Waals surface area contributed by atoms with Crippen LogP contribution in [0.15, 0.2) is 71.6 Å². The van der Waals surface area contributed by atoms with E-state index in [-0.39, 0.29) is 17.2 Å². The van der Waals surface area contributed by atoms with Gasteiger partial charge in [-0.15, -0.1) is 11.8 Å². The van der Waals surface area contributed by atoms with E-state index in [1.807, 2.05) is 75.4 Å². The maximum absolute atomic E-state index is 13.5. The summed E-state index contributed by atoms with van der Waals surface area (Å²) in [7, 11) is 3.03. The Morgan fingerprint density at radius 2 is 1.56 bits per heavy atom. The van der Waals surface area contributed by atoms with E-state index in [0.717, 1.165) is 10.5 Å². The van der Waals surface area contributed by atoms with Crippen molar-refractivity contribution in [2.75, 3.05) is 24.9 Å². The molecule has 0 bridgehead atoms. The predicted molar refractivity (Wildman–Crippen MR) is 147 cm³/mol. The highest BCUT2D eigenvalue weighted by Gasteiger charge is 2.24. The quantitative estimate of drug-likeness (QED) is 0.288. The molecule has 1 unspecified atom stereocenters. The molecule has 8 heteroatoms. The average Bonchev–Trinajstić information content (AvgIpc) is 2.83. The van der Waals surface area contributed by atoms with Crippen LogP contribution >= 0.6 is 23.4 Å². The van der Waals surface area contributed by atoms with E-state index in [9.17, 15) is 9.59 Å².